The van der Waals surface area contributed by atoms with E-state index < -0.39 is 8.07 Å². The molecule has 0 saturated heterocycles. The Morgan fingerprint density at radius 3 is 1.14 bits per heavy atom. The van der Waals surface area contributed by atoms with Crippen LogP contribution < -0.4 is 20.2 Å². The molecular formula is C70H48N2Si. The Morgan fingerprint density at radius 2 is 0.603 bits per heavy atom. The van der Waals surface area contributed by atoms with Crippen molar-refractivity contribution >= 4 is 139 Å². The van der Waals surface area contributed by atoms with Crippen LogP contribution in [0.2, 0.25) is 13.1 Å². The quantitative estimate of drug-likeness (QED) is 0.121. The lowest BCUT2D eigenvalue weighted by Gasteiger charge is -2.36. The summed E-state index contributed by atoms with van der Waals surface area (Å²) in [5.41, 5.74) is 9.53. The van der Waals surface area contributed by atoms with Crippen molar-refractivity contribution in [3.05, 3.63) is 255 Å². The average Bonchev–Trinajstić information content (AvgIpc) is 3.44. The fourth-order valence-corrected chi connectivity index (χ4v) is 15.5. The highest BCUT2D eigenvalue weighted by molar-refractivity contribution is 7.03. The summed E-state index contributed by atoms with van der Waals surface area (Å²) in [6.45, 7) is 5.11. The number of anilines is 6. The van der Waals surface area contributed by atoms with Gasteiger partial charge >= 0.3 is 0 Å². The monoisotopic (exact) mass is 944 g/mol. The Morgan fingerprint density at radius 1 is 0.233 bits per heavy atom. The first-order chi connectivity index (χ1) is 35.9. The van der Waals surface area contributed by atoms with Gasteiger partial charge < -0.3 is 9.80 Å². The van der Waals surface area contributed by atoms with Crippen LogP contribution >= 0.6 is 0 Å². The molecule has 0 fully saturated rings. The van der Waals surface area contributed by atoms with Crippen LogP contribution in [0.1, 0.15) is 0 Å². The third kappa shape index (κ3) is 6.56. The summed E-state index contributed by atoms with van der Waals surface area (Å²) in [5.74, 6) is 0. The molecule has 0 atom stereocenters. The van der Waals surface area contributed by atoms with Gasteiger partial charge in [0.25, 0.3) is 0 Å². The van der Waals surface area contributed by atoms with Gasteiger partial charge in [0.2, 0.25) is 0 Å². The molecule has 14 aromatic rings. The summed E-state index contributed by atoms with van der Waals surface area (Å²) >= 11 is 0. The first kappa shape index (κ1) is 41.7. The van der Waals surface area contributed by atoms with Gasteiger partial charge in [-0.25, -0.2) is 0 Å². The lowest BCUT2D eigenvalue weighted by atomic mass is 9.92. The zero-order valence-electron chi connectivity index (χ0n) is 40.6. The molecular weight excluding hydrogens is 897 g/mol. The minimum absolute atomic E-state index is 1.13. The maximum absolute atomic E-state index is 2.56. The normalized spacial score (nSPS) is 12.9. The van der Waals surface area contributed by atoms with Gasteiger partial charge in [-0.2, -0.15) is 0 Å². The van der Waals surface area contributed by atoms with E-state index in [0.717, 1.165) is 28.4 Å². The van der Waals surface area contributed by atoms with Gasteiger partial charge in [0.1, 0.15) is 8.07 Å². The minimum Gasteiger partial charge on any atom is -0.310 e. The van der Waals surface area contributed by atoms with Gasteiger partial charge in [-0.1, -0.05) is 189 Å². The second-order valence-corrected chi connectivity index (χ2v) is 24.9. The molecule has 0 N–H and O–H groups in total. The summed E-state index contributed by atoms with van der Waals surface area (Å²) in [7, 11) is -2.30. The van der Waals surface area contributed by atoms with Crippen LogP contribution in [0.25, 0.3) is 97.3 Å². The summed E-state index contributed by atoms with van der Waals surface area (Å²) in [6, 6.07) is 95.6. The molecule has 0 unspecified atom stereocenters. The number of fused-ring (bicyclic) bond motifs is 12. The van der Waals surface area contributed by atoms with Gasteiger partial charge in [0.15, 0.2) is 0 Å². The van der Waals surface area contributed by atoms with Crippen LogP contribution in [0.15, 0.2) is 255 Å². The van der Waals surface area contributed by atoms with Gasteiger partial charge in [0, 0.05) is 34.1 Å². The molecule has 0 saturated carbocycles. The Bertz CT molecular complexity index is 4630. The van der Waals surface area contributed by atoms with Crippen molar-refractivity contribution in [1.29, 1.82) is 0 Å². The summed E-state index contributed by atoms with van der Waals surface area (Å²) in [5, 5.41) is 23.1. The highest BCUT2D eigenvalue weighted by atomic mass is 28.3. The fourth-order valence-electron chi connectivity index (χ4n) is 12.4. The van der Waals surface area contributed by atoms with Gasteiger partial charge in [0.05, 0.1) is 0 Å². The van der Waals surface area contributed by atoms with E-state index in [1.165, 1.54) is 113 Å². The molecule has 14 aromatic carbocycles. The Kier molecular flexibility index (Phi) is 9.14. The molecule has 1 aliphatic heterocycles. The van der Waals surface area contributed by atoms with E-state index in [9.17, 15) is 0 Å². The van der Waals surface area contributed by atoms with Gasteiger partial charge in [-0.05, 0) is 187 Å². The molecule has 0 amide bonds. The summed E-state index contributed by atoms with van der Waals surface area (Å²) in [6.07, 6.45) is 0. The van der Waals surface area contributed by atoms with Crippen LogP contribution in [0.3, 0.4) is 0 Å². The fraction of sp³-hybridized carbons (Fsp3) is 0.0286. The first-order valence-electron chi connectivity index (χ1n) is 25.5. The number of rotatable bonds is 6. The van der Waals surface area contributed by atoms with E-state index in [1.807, 2.05) is 0 Å². The molecule has 0 bridgehead atoms. The van der Waals surface area contributed by atoms with E-state index >= 15 is 0 Å². The zero-order valence-corrected chi connectivity index (χ0v) is 41.6. The maximum atomic E-state index is 2.56. The minimum atomic E-state index is -2.30. The smallest absolute Gasteiger partial charge is 0.113 e. The van der Waals surface area contributed by atoms with E-state index in [4.69, 9.17) is 0 Å². The number of hydrogen-bond acceptors (Lipinski definition) is 2. The molecule has 15 rings (SSSR count). The largest absolute Gasteiger partial charge is 0.310 e. The van der Waals surface area contributed by atoms with E-state index in [0.29, 0.717) is 0 Å². The van der Waals surface area contributed by atoms with Crippen LogP contribution in [-0.2, 0) is 0 Å². The molecule has 1 aliphatic rings. The highest BCUT2D eigenvalue weighted by Crippen LogP contribution is 2.45. The predicted molar refractivity (Wildman–Crippen MR) is 318 cm³/mol. The molecule has 0 aliphatic carbocycles. The Hall–Kier alpha value is -9.02. The van der Waals surface area contributed by atoms with Gasteiger partial charge in [-0.3, -0.25) is 0 Å². The number of nitrogens with zero attached hydrogens (tertiary/aromatic N) is 2. The lowest BCUT2D eigenvalue weighted by molar-refractivity contribution is 1.30. The molecule has 1 heterocycles. The lowest BCUT2D eigenvalue weighted by Crippen LogP contribution is -2.56. The van der Waals surface area contributed by atoms with E-state index in [-0.39, 0.29) is 0 Å². The van der Waals surface area contributed by atoms with Crippen molar-refractivity contribution in [2.75, 3.05) is 9.80 Å². The third-order valence-electron chi connectivity index (χ3n) is 16.1. The second kappa shape index (κ2) is 16.0. The second-order valence-electron chi connectivity index (χ2n) is 20.5. The molecule has 73 heavy (non-hydrogen) atoms. The zero-order chi connectivity index (χ0) is 48.4. The Labute approximate surface area is 425 Å². The Balaban J connectivity index is 0.909. The maximum Gasteiger partial charge on any atom is 0.113 e. The van der Waals surface area contributed by atoms with E-state index in [1.54, 1.807) is 0 Å². The topological polar surface area (TPSA) is 6.48 Å². The van der Waals surface area contributed by atoms with Crippen molar-refractivity contribution in [2.45, 2.75) is 13.1 Å². The predicted octanol–water partition coefficient (Wildman–Crippen LogP) is 18.7. The van der Waals surface area contributed by atoms with Crippen LogP contribution in [0.5, 0.6) is 0 Å². The molecule has 342 valence electrons. The summed E-state index contributed by atoms with van der Waals surface area (Å²) < 4.78 is 0. The number of hydrogen-bond donors (Lipinski definition) is 0. The molecule has 3 heteroatoms. The summed E-state index contributed by atoms with van der Waals surface area (Å²) in [4.78, 5) is 4.94. The van der Waals surface area contributed by atoms with Crippen molar-refractivity contribution < 1.29 is 0 Å². The van der Waals surface area contributed by atoms with Crippen molar-refractivity contribution in [2.24, 2.45) is 0 Å². The van der Waals surface area contributed by atoms with E-state index in [2.05, 4.69) is 278 Å². The SMILES string of the molecule is C[Si]1(C)c2cc(N(c3ccc4ccccc4c3)c3ccc4ccc5ccccc5c4c3)ccc2-c2cc3ccc(N(c4ccc5ccccc5c4)c4ccc5ccc6ccccc6c5c4)cc3c3cccc1c23. The molecule has 0 spiro atoms. The molecule has 0 radical (unpaired) electrons. The van der Waals surface area contributed by atoms with Crippen LogP contribution in [0, 0.1) is 0 Å². The molecule has 0 aromatic heterocycles. The van der Waals surface area contributed by atoms with Gasteiger partial charge in [-0.15, -0.1) is 0 Å². The first-order valence-corrected chi connectivity index (χ1v) is 28.5. The third-order valence-corrected chi connectivity index (χ3v) is 19.6. The van der Waals surface area contributed by atoms with Crippen LogP contribution in [0.4, 0.5) is 34.1 Å². The number of benzene rings is 14. The van der Waals surface area contributed by atoms with Crippen molar-refractivity contribution in [3.63, 3.8) is 0 Å². The van der Waals surface area contributed by atoms with Crippen molar-refractivity contribution in [1.82, 2.24) is 0 Å². The molecule has 2 nitrogen and oxygen atoms in total. The van der Waals surface area contributed by atoms with Crippen molar-refractivity contribution in [3.8, 4) is 11.1 Å². The van der Waals surface area contributed by atoms with Crippen LogP contribution in [-0.4, -0.2) is 8.07 Å². The standard InChI is InChI=1S/C70H48N2Si/c1-73(2)68-21-11-20-63-66-43-58(71(54-31-26-45-12-3-5-16-51(45)38-54)56-33-28-49-24-22-47-14-7-9-18-60(47)64(49)41-56)35-30-53(66)40-67(70(63)68)62-37-36-59(44-69(62)73)72(55-32-27-46-13-4-6-17-52(46)39-55)57-34-29-50-25-23-48-15-8-10-19-61(48)65(50)42-57/h3-44H,1-2H3. The highest BCUT2D eigenvalue weighted by Gasteiger charge is 2.36. The average molecular weight is 945 g/mol.